The first-order valence-electron chi connectivity index (χ1n) is 5.09. The molecule has 1 aliphatic rings. The van der Waals surface area contributed by atoms with Crippen molar-refractivity contribution in [1.29, 1.82) is 0 Å². The highest BCUT2D eigenvalue weighted by atomic mass is 16.3. The molecule has 0 saturated heterocycles. The lowest BCUT2D eigenvalue weighted by molar-refractivity contribution is 0.0745. The van der Waals surface area contributed by atoms with Crippen LogP contribution in [-0.2, 0) is 0 Å². The summed E-state index contributed by atoms with van der Waals surface area (Å²) in [6.07, 6.45) is 3.18. The average Bonchev–Trinajstić information content (AvgIpc) is 2.32. The summed E-state index contributed by atoms with van der Waals surface area (Å²) in [5.74, 6) is 5.81. The predicted octanol–water partition coefficient (Wildman–Crippen LogP) is 1.26. The quantitative estimate of drug-likeness (QED) is 0.635. The average molecular weight is 212 g/mol. The van der Waals surface area contributed by atoms with Gasteiger partial charge in [0.25, 0.3) is 0 Å². The third kappa shape index (κ3) is 2.40. The lowest BCUT2D eigenvalue weighted by Crippen LogP contribution is -2.27. The Labute approximate surface area is 94.6 Å². The van der Waals surface area contributed by atoms with Gasteiger partial charge in [-0.15, -0.1) is 0 Å². The third-order valence-corrected chi connectivity index (χ3v) is 2.35. The first kappa shape index (κ1) is 10.7. The molecule has 0 aromatic heterocycles. The molecule has 2 nitrogen and oxygen atoms in total. The first-order chi connectivity index (χ1) is 7.77. The SMILES string of the molecule is O[C@@H]1C=CC=C(C#Cc2ccccc2)[C@@H]1O. The summed E-state index contributed by atoms with van der Waals surface area (Å²) in [5.41, 5.74) is 1.43. The molecule has 0 amide bonds. The Morgan fingerprint density at radius 1 is 1.00 bits per heavy atom. The van der Waals surface area contributed by atoms with E-state index in [0.717, 1.165) is 5.56 Å². The second-order valence-electron chi connectivity index (χ2n) is 3.56. The fourth-order valence-corrected chi connectivity index (χ4v) is 1.44. The van der Waals surface area contributed by atoms with Gasteiger partial charge in [0.15, 0.2) is 0 Å². The van der Waals surface area contributed by atoms with Crippen molar-refractivity contribution >= 4 is 0 Å². The van der Waals surface area contributed by atoms with E-state index in [2.05, 4.69) is 11.8 Å². The molecule has 16 heavy (non-hydrogen) atoms. The number of rotatable bonds is 0. The van der Waals surface area contributed by atoms with Gasteiger partial charge in [-0.1, -0.05) is 42.2 Å². The Kier molecular flexibility index (Phi) is 3.21. The molecule has 1 aromatic carbocycles. The molecule has 1 aromatic rings. The van der Waals surface area contributed by atoms with Gasteiger partial charge in [-0.2, -0.15) is 0 Å². The van der Waals surface area contributed by atoms with Gasteiger partial charge in [-0.25, -0.2) is 0 Å². The van der Waals surface area contributed by atoms with E-state index in [1.807, 2.05) is 30.3 Å². The van der Waals surface area contributed by atoms with Crippen LogP contribution in [0.1, 0.15) is 5.56 Å². The number of hydrogen-bond donors (Lipinski definition) is 2. The van der Waals surface area contributed by atoms with Gasteiger partial charge in [0.1, 0.15) is 12.2 Å². The zero-order chi connectivity index (χ0) is 11.4. The molecule has 0 unspecified atom stereocenters. The van der Waals surface area contributed by atoms with Crippen molar-refractivity contribution in [2.24, 2.45) is 0 Å². The highest BCUT2D eigenvalue weighted by Crippen LogP contribution is 2.12. The van der Waals surface area contributed by atoms with Crippen LogP contribution in [0.2, 0.25) is 0 Å². The van der Waals surface area contributed by atoms with Gasteiger partial charge in [0, 0.05) is 11.1 Å². The minimum absolute atomic E-state index is 0.541. The largest absolute Gasteiger partial charge is 0.386 e. The maximum atomic E-state index is 9.64. The fourth-order valence-electron chi connectivity index (χ4n) is 1.44. The maximum absolute atomic E-state index is 9.64. The van der Waals surface area contributed by atoms with E-state index in [4.69, 9.17) is 0 Å². The van der Waals surface area contributed by atoms with Crippen molar-refractivity contribution in [2.45, 2.75) is 12.2 Å². The first-order valence-corrected chi connectivity index (χ1v) is 5.09. The van der Waals surface area contributed by atoms with Gasteiger partial charge in [-0.05, 0) is 18.2 Å². The van der Waals surface area contributed by atoms with E-state index < -0.39 is 12.2 Å². The molecule has 0 saturated carbocycles. The Morgan fingerprint density at radius 3 is 2.50 bits per heavy atom. The standard InChI is InChI=1S/C14H12O2/c15-13-8-4-7-12(14(13)16)10-9-11-5-2-1-3-6-11/h1-8,13-16H/t13-,14+/m1/s1. The molecule has 0 heterocycles. The number of benzene rings is 1. The highest BCUT2D eigenvalue weighted by Gasteiger charge is 2.18. The predicted molar refractivity (Wildman–Crippen MR) is 62.6 cm³/mol. The van der Waals surface area contributed by atoms with Crippen LogP contribution in [0.5, 0.6) is 0 Å². The molecule has 2 heteroatoms. The zero-order valence-electron chi connectivity index (χ0n) is 8.67. The number of allylic oxidation sites excluding steroid dienone is 2. The number of aliphatic hydroxyl groups excluding tert-OH is 2. The second kappa shape index (κ2) is 4.80. The van der Waals surface area contributed by atoms with Crippen LogP contribution >= 0.6 is 0 Å². The Bertz CT molecular complexity index is 474. The minimum atomic E-state index is -0.916. The smallest absolute Gasteiger partial charge is 0.116 e. The van der Waals surface area contributed by atoms with Crippen molar-refractivity contribution in [3.05, 3.63) is 59.7 Å². The maximum Gasteiger partial charge on any atom is 0.116 e. The Hall–Kier alpha value is -1.82. The van der Waals surface area contributed by atoms with Crippen molar-refractivity contribution < 1.29 is 10.2 Å². The van der Waals surface area contributed by atoms with Crippen LogP contribution in [-0.4, -0.2) is 22.4 Å². The van der Waals surface area contributed by atoms with Gasteiger partial charge in [-0.3, -0.25) is 0 Å². The molecule has 2 atom stereocenters. The summed E-state index contributed by atoms with van der Waals surface area (Å²) in [6, 6.07) is 9.53. The lowest BCUT2D eigenvalue weighted by atomic mass is 9.99. The highest BCUT2D eigenvalue weighted by molar-refractivity contribution is 5.45. The van der Waals surface area contributed by atoms with E-state index in [1.54, 1.807) is 18.2 Å². The molecular formula is C14H12O2. The van der Waals surface area contributed by atoms with Crippen LogP contribution in [0.4, 0.5) is 0 Å². The summed E-state index contributed by atoms with van der Waals surface area (Å²) in [6.45, 7) is 0. The molecule has 0 aliphatic heterocycles. The molecule has 0 radical (unpaired) electrons. The second-order valence-corrected chi connectivity index (χ2v) is 3.56. The van der Waals surface area contributed by atoms with E-state index in [9.17, 15) is 10.2 Å². The molecule has 0 spiro atoms. The van der Waals surface area contributed by atoms with E-state index in [1.165, 1.54) is 0 Å². The number of hydrogen-bond acceptors (Lipinski definition) is 2. The van der Waals surface area contributed by atoms with Gasteiger partial charge < -0.3 is 10.2 Å². The van der Waals surface area contributed by atoms with Crippen LogP contribution in [0.3, 0.4) is 0 Å². The summed E-state index contributed by atoms with van der Waals surface area (Å²) in [5, 5.41) is 19.0. The van der Waals surface area contributed by atoms with Crippen LogP contribution in [0.25, 0.3) is 0 Å². The van der Waals surface area contributed by atoms with Crippen LogP contribution < -0.4 is 0 Å². The fraction of sp³-hybridized carbons (Fsp3) is 0.143. The van der Waals surface area contributed by atoms with Gasteiger partial charge >= 0.3 is 0 Å². The minimum Gasteiger partial charge on any atom is -0.386 e. The third-order valence-electron chi connectivity index (χ3n) is 2.35. The van der Waals surface area contributed by atoms with Crippen molar-refractivity contribution in [3.8, 4) is 11.8 Å². The summed E-state index contributed by atoms with van der Waals surface area (Å²) >= 11 is 0. The van der Waals surface area contributed by atoms with Crippen molar-refractivity contribution in [1.82, 2.24) is 0 Å². The van der Waals surface area contributed by atoms with E-state index in [-0.39, 0.29) is 0 Å². The van der Waals surface area contributed by atoms with E-state index in [0.29, 0.717) is 5.57 Å². The molecule has 80 valence electrons. The van der Waals surface area contributed by atoms with Gasteiger partial charge in [0.2, 0.25) is 0 Å². The normalized spacial score (nSPS) is 23.2. The summed E-state index contributed by atoms with van der Waals surface area (Å²) in [7, 11) is 0. The molecule has 0 bridgehead atoms. The van der Waals surface area contributed by atoms with Crippen molar-refractivity contribution in [2.75, 3.05) is 0 Å². The topological polar surface area (TPSA) is 40.5 Å². The molecule has 2 rings (SSSR count). The molecule has 2 N–H and O–H groups in total. The van der Waals surface area contributed by atoms with Crippen molar-refractivity contribution in [3.63, 3.8) is 0 Å². The zero-order valence-corrected chi connectivity index (χ0v) is 8.67. The van der Waals surface area contributed by atoms with Crippen LogP contribution in [0, 0.1) is 11.8 Å². The summed E-state index contributed by atoms with van der Waals surface area (Å²) < 4.78 is 0. The van der Waals surface area contributed by atoms with Gasteiger partial charge in [0.05, 0.1) is 0 Å². The molecule has 0 fully saturated rings. The van der Waals surface area contributed by atoms with Crippen LogP contribution in [0.15, 0.2) is 54.1 Å². The monoisotopic (exact) mass is 212 g/mol. The molecular weight excluding hydrogens is 200 g/mol. The lowest BCUT2D eigenvalue weighted by Gasteiger charge is -2.16. The Morgan fingerprint density at radius 2 is 1.75 bits per heavy atom. The molecule has 1 aliphatic carbocycles. The summed E-state index contributed by atoms with van der Waals surface area (Å²) in [4.78, 5) is 0. The van der Waals surface area contributed by atoms with E-state index >= 15 is 0 Å². The number of aliphatic hydroxyl groups is 2. The Balaban J connectivity index is 2.20.